The van der Waals surface area contributed by atoms with Crippen LogP contribution in [0.4, 0.5) is 13.2 Å². The number of carbonyl (C=O) groups is 2. The fourth-order valence-electron chi connectivity index (χ4n) is 5.23. The van der Waals surface area contributed by atoms with Crippen LogP contribution in [0.25, 0.3) is 0 Å². The predicted octanol–water partition coefficient (Wildman–Crippen LogP) is 4.29. The van der Waals surface area contributed by atoms with Crippen molar-refractivity contribution in [3.8, 4) is 5.75 Å². The maximum Gasteiger partial charge on any atom is 0.490 e. The molecule has 1 saturated heterocycles. The minimum atomic E-state index is -5.08. The van der Waals surface area contributed by atoms with Crippen LogP contribution < -0.4 is 4.74 Å². The van der Waals surface area contributed by atoms with Crippen molar-refractivity contribution in [3.63, 3.8) is 0 Å². The molecule has 2 aliphatic rings. The maximum absolute atomic E-state index is 13.8. The number of alkyl halides is 3. The number of furan rings is 1. The number of benzene rings is 1. The Morgan fingerprint density at radius 3 is 2.24 bits per heavy atom. The summed E-state index contributed by atoms with van der Waals surface area (Å²) in [6.07, 6.45) is 0.684. The van der Waals surface area contributed by atoms with Gasteiger partial charge in [0, 0.05) is 57.1 Å². The second-order valence-corrected chi connectivity index (χ2v) is 13.0. The zero-order valence-electron chi connectivity index (χ0n) is 25.8. The summed E-state index contributed by atoms with van der Waals surface area (Å²) >= 11 is 0. The monoisotopic (exact) mass is 666 g/mol. The van der Waals surface area contributed by atoms with E-state index in [0.29, 0.717) is 46.2 Å². The summed E-state index contributed by atoms with van der Waals surface area (Å²) < 4.78 is 71.9. The van der Waals surface area contributed by atoms with Crippen molar-refractivity contribution in [2.24, 2.45) is 0 Å². The Bertz CT molecular complexity index is 1600. The maximum atomic E-state index is 13.8. The molecule has 15 heteroatoms. The molecule has 46 heavy (non-hydrogen) atoms. The number of halogens is 3. The lowest BCUT2D eigenvalue weighted by molar-refractivity contribution is -0.192. The van der Waals surface area contributed by atoms with Crippen LogP contribution in [-0.2, 0) is 27.8 Å². The van der Waals surface area contributed by atoms with Gasteiger partial charge in [0.15, 0.2) is 0 Å². The number of sulfonamides is 1. The molecule has 0 atom stereocenters. The Balaban J connectivity index is 0.000000617. The lowest BCUT2D eigenvalue weighted by Gasteiger charge is -2.34. The van der Waals surface area contributed by atoms with E-state index in [1.165, 1.54) is 10.6 Å². The van der Waals surface area contributed by atoms with Gasteiger partial charge >= 0.3 is 12.1 Å². The number of ether oxygens (including phenoxy) is 1. The second kappa shape index (κ2) is 14.6. The highest BCUT2D eigenvalue weighted by Gasteiger charge is 2.40. The van der Waals surface area contributed by atoms with Gasteiger partial charge in [-0.2, -0.15) is 17.5 Å². The van der Waals surface area contributed by atoms with E-state index in [4.69, 9.17) is 19.1 Å². The minimum absolute atomic E-state index is 0.0701. The molecule has 2 aromatic heterocycles. The molecule has 1 aliphatic carbocycles. The summed E-state index contributed by atoms with van der Waals surface area (Å²) in [5, 5.41) is 7.12. The molecule has 3 heterocycles. The number of carboxylic acids is 1. The van der Waals surface area contributed by atoms with Gasteiger partial charge in [-0.05, 0) is 68.1 Å². The average molecular weight is 667 g/mol. The number of hydrogen-bond acceptors (Lipinski definition) is 8. The van der Waals surface area contributed by atoms with E-state index in [1.54, 1.807) is 39.2 Å². The van der Waals surface area contributed by atoms with Crippen LogP contribution in [0.15, 0.2) is 58.2 Å². The number of nitrogens with zero attached hydrogens (tertiary/aromatic N) is 4. The number of pyridine rings is 1. The first kappa shape index (κ1) is 34.9. The third-order valence-corrected chi connectivity index (χ3v) is 9.92. The van der Waals surface area contributed by atoms with Gasteiger partial charge in [-0.25, -0.2) is 13.2 Å². The molecule has 1 aliphatic heterocycles. The number of methoxy groups -OCH3 is 1. The van der Waals surface area contributed by atoms with Crippen LogP contribution in [0.3, 0.4) is 0 Å². The molecule has 2 fully saturated rings. The molecular formula is C31H37F3N4O7S. The first-order valence-corrected chi connectivity index (χ1v) is 16.1. The van der Waals surface area contributed by atoms with Crippen LogP contribution >= 0.6 is 0 Å². The standard InChI is InChI=1S/C29H36N4O5S.C2HF3O2/c1-21-16-26(37-3)17-22(2)28(21)39(35,36)33(25-7-8-25)19-27-18-23(20-38-27)29(34)32-14-12-31(13-15-32)11-9-24-6-4-5-10-30-24;3-2(4,5)1(6)7/h4-6,10,16-18,20,25H,7-9,11-15,19H2,1-3H3;(H,6,7). The van der Waals surface area contributed by atoms with E-state index >= 15 is 0 Å². The molecule has 1 N–H and O–H groups in total. The third kappa shape index (κ3) is 8.85. The van der Waals surface area contributed by atoms with Crippen molar-refractivity contribution in [1.29, 1.82) is 0 Å². The zero-order chi connectivity index (χ0) is 33.6. The lowest BCUT2D eigenvalue weighted by atomic mass is 10.1. The fourth-order valence-corrected chi connectivity index (χ4v) is 7.30. The highest BCUT2D eigenvalue weighted by molar-refractivity contribution is 7.89. The number of piperazine rings is 1. The predicted molar refractivity (Wildman–Crippen MR) is 161 cm³/mol. The number of aromatic nitrogens is 1. The van der Waals surface area contributed by atoms with E-state index in [2.05, 4.69) is 9.88 Å². The van der Waals surface area contributed by atoms with Crippen LogP contribution in [0.2, 0.25) is 0 Å². The zero-order valence-corrected chi connectivity index (χ0v) is 26.6. The highest BCUT2D eigenvalue weighted by atomic mass is 32.2. The van der Waals surface area contributed by atoms with Crippen molar-refractivity contribution in [3.05, 3.63) is 77.0 Å². The molecule has 5 rings (SSSR count). The summed E-state index contributed by atoms with van der Waals surface area (Å²) in [5.74, 6) is -1.75. The molecule has 0 radical (unpaired) electrons. The van der Waals surface area contributed by atoms with Gasteiger partial charge in [-0.1, -0.05) is 6.07 Å². The van der Waals surface area contributed by atoms with Gasteiger partial charge in [0.05, 0.1) is 24.1 Å². The quantitative estimate of drug-likeness (QED) is 0.337. The summed E-state index contributed by atoms with van der Waals surface area (Å²) in [5.41, 5.74) is 2.82. The van der Waals surface area contributed by atoms with Gasteiger partial charge in [0.2, 0.25) is 10.0 Å². The summed E-state index contributed by atoms with van der Waals surface area (Å²) in [6.45, 7) is 7.46. The highest BCUT2D eigenvalue weighted by Crippen LogP contribution is 2.37. The Kier molecular flexibility index (Phi) is 11.1. The van der Waals surface area contributed by atoms with E-state index < -0.39 is 22.2 Å². The van der Waals surface area contributed by atoms with Crippen molar-refractivity contribution >= 4 is 21.9 Å². The van der Waals surface area contributed by atoms with Crippen molar-refractivity contribution in [1.82, 2.24) is 19.1 Å². The Morgan fingerprint density at radius 2 is 1.72 bits per heavy atom. The first-order valence-electron chi connectivity index (χ1n) is 14.7. The van der Waals surface area contributed by atoms with Gasteiger partial charge < -0.3 is 19.2 Å². The molecule has 0 bridgehead atoms. The number of carboxylic acid groups (broad SMARTS) is 1. The van der Waals surface area contributed by atoms with Gasteiger partial charge in [0.25, 0.3) is 5.91 Å². The Morgan fingerprint density at radius 1 is 1.09 bits per heavy atom. The average Bonchev–Trinajstić information content (AvgIpc) is 3.74. The summed E-state index contributed by atoms with van der Waals surface area (Å²) in [7, 11) is -2.21. The number of rotatable bonds is 10. The van der Waals surface area contributed by atoms with E-state index in [-0.39, 0.29) is 18.5 Å². The van der Waals surface area contributed by atoms with Gasteiger partial charge in [-0.15, -0.1) is 0 Å². The van der Waals surface area contributed by atoms with Crippen LogP contribution in [0.1, 0.15) is 45.8 Å². The fraction of sp³-hybridized carbons (Fsp3) is 0.452. The van der Waals surface area contributed by atoms with E-state index in [0.717, 1.165) is 44.6 Å². The summed E-state index contributed by atoms with van der Waals surface area (Å²) in [6, 6.07) is 11.1. The number of aliphatic carboxylic acids is 1. The molecule has 1 saturated carbocycles. The van der Waals surface area contributed by atoms with E-state index in [9.17, 15) is 26.4 Å². The Labute approximate surface area is 265 Å². The third-order valence-electron chi connectivity index (χ3n) is 7.72. The topological polar surface area (TPSA) is 133 Å². The molecule has 1 amide bonds. The smallest absolute Gasteiger partial charge is 0.490 e. The first-order chi connectivity index (χ1) is 21.7. The SMILES string of the molecule is COc1cc(C)c(S(=O)(=O)N(Cc2cc(C(=O)N3CCN(CCc4ccccn4)CC3)co2)C2CC2)c(C)c1.O=C(O)C(F)(F)F. The molecular weight excluding hydrogens is 629 g/mol. The molecule has 1 aromatic carbocycles. The van der Waals surface area contributed by atoms with Gasteiger partial charge in [-0.3, -0.25) is 14.7 Å². The lowest BCUT2D eigenvalue weighted by Crippen LogP contribution is -2.49. The molecule has 0 spiro atoms. The van der Waals surface area contributed by atoms with Gasteiger partial charge in [0.1, 0.15) is 17.8 Å². The number of hydrogen-bond donors (Lipinski definition) is 1. The van der Waals surface area contributed by atoms with Crippen molar-refractivity contribution < 1.29 is 45.4 Å². The van der Waals surface area contributed by atoms with Crippen LogP contribution in [0, 0.1) is 13.8 Å². The minimum Gasteiger partial charge on any atom is -0.497 e. The van der Waals surface area contributed by atoms with Crippen molar-refractivity contribution in [2.75, 3.05) is 39.8 Å². The number of aryl methyl sites for hydroxylation is 2. The number of carbonyl (C=O) groups excluding carboxylic acids is 1. The van der Waals surface area contributed by atoms with Crippen LogP contribution in [-0.4, -0.2) is 96.5 Å². The molecule has 3 aromatic rings. The van der Waals surface area contributed by atoms with Crippen molar-refractivity contribution in [2.45, 2.75) is 56.8 Å². The molecule has 0 unspecified atom stereocenters. The second-order valence-electron chi connectivity index (χ2n) is 11.2. The molecule has 11 nitrogen and oxygen atoms in total. The number of amides is 1. The largest absolute Gasteiger partial charge is 0.497 e. The molecule has 250 valence electrons. The van der Waals surface area contributed by atoms with E-state index in [1.807, 2.05) is 29.3 Å². The normalized spacial score (nSPS) is 15.8. The summed E-state index contributed by atoms with van der Waals surface area (Å²) in [4.78, 5) is 31.0. The van der Waals surface area contributed by atoms with Crippen LogP contribution in [0.5, 0.6) is 5.75 Å². The Hall–Kier alpha value is -3.95.